The molecule has 0 saturated heterocycles. The molecule has 1 aromatic carbocycles. The Balaban J connectivity index is 2.66. The van der Waals surface area contributed by atoms with Crippen molar-refractivity contribution in [1.82, 2.24) is 0 Å². The zero-order valence-corrected chi connectivity index (χ0v) is 15.6. The van der Waals surface area contributed by atoms with E-state index >= 15 is 0 Å². The zero-order valence-electron chi connectivity index (χ0n) is 12.5. The average molecular weight is 384 g/mol. The third-order valence-corrected chi connectivity index (χ3v) is 4.25. The first-order valence-electron chi connectivity index (χ1n) is 6.48. The van der Waals surface area contributed by atoms with Gasteiger partial charge in [0.25, 0.3) is 0 Å². The van der Waals surface area contributed by atoms with Gasteiger partial charge in [0.15, 0.2) is 0 Å². The first kappa shape index (κ1) is 18.1. The summed E-state index contributed by atoms with van der Waals surface area (Å²) in [6.07, 6.45) is 0.780. The van der Waals surface area contributed by atoms with Gasteiger partial charge in [-0.25, -0.2) is 0 Å². The molecule has 0 amide bonds. The van der Waals surface area contributed by atoms with Crippen molar-refractivity contribution in [2.75, 3.05) is 6.61 Å². The number of rotatable bonds is 5. The molecule has 1 aromatic rings. The summed E-state index contributed by atoms with van der Waals surface area (Å²) >= 11 is 15.4. The molecule has 0 aliphatic carbocycles. The Morgan fingerprint density at radius 1 is 1.10 bits per heavy atom. The lowest BCUT2D eigenvalue weighted by Crippen LogP contribution is -2.32. The highest BCUT2D eigenvalue weighted by Crippen LogP contribution is 2.35. The fraction of sp³-hybridized carbons (Fsp3) is 0.600. The first-order valence-corrected chi connectivity index (χ1v) is 8.03. The van der Waals surface area contributed by atoms with Gasteiger partial charge in [-0.15, -0.1) is 0 Å². The third kappa shape index (κ3) is 6.21. The van der Waals surface area contributed by atoms with Crippen LogP contribution in [0.1, 0.15) is 41.0 Å². The highest BCUT2D eigenvalue weighted by molar-refractivity contribution is 9.10. The van der Waals surface area contributed by atoms with Crippen LogP contribution < -0.4 is 4.74 Å². The summed E-state index contributed by atoms with van der Waals surface area (Å²) in [5.41, 5.74) is -0.482. The van der Waals surface area contributed by atoms with Crippen molar-refractivity contribution >= 4 is 39.1 Å². The minimum Gasteiger partial charge on any atom is -0.488 e. The smallest absolute Gasteiger partial charge is 0.122 e. The van der Waals surface area contributed by atoms with Crippen LogP contribution in [0.3, 0.4) is 0 Å². The monoisotopic (exact) mass is 382 g/mol. The third-order valence-electron chi connectivity index (χ3n) is 2.59. The highest BCUT2D eigenvalue weighted by atomic mass is 79.9. The lowest BCUT2D eigenvalue weighted by molar-refractivity contribution is -0.0292. The number of benzene rings is 1. The van der Waals surface area contributed by atoms with Crippen molar-refractivity contribution in [3.63, 3.8) is 0 Å². The second-order valence-corrected chi connectivity index (χ2v) is 7.91. The summed E-state index contributed by atoms with van der Waals surface area (Å²) in [5.74, 6) is 0.687. The Labute approximate surface area is 139 Å². The van der Waals surface area contributed by atoms with Gasteiger partial charge >= 0.3 is 0 Å². The van der Waals surface area contributed by atoms with E-state index in [1.54, 1.807) is 6.07 Å². The summed E-state index contributed by atoms with van der Waals surface area (Å²) in [7, 11) is 0. The van der Waals surface area contributed by atoms with Gasteiger partial charge in [0.2, 0.25) is 0 Å². The summed E-state index contributed by atoms with van der Waals surface area (Å²) in [6, 6.07) is 3.54. The van der Waals surface area contributed by atoms with E-state index in [-0.39, 0.29) is 11.2 Å². The summed E-state index contributed by atoms with van der Waals surface area (Å²) in [6.45, 7) is 10.8. The molecule has 2 nitrogen and oxygen atoms in total. The predicted molar refractivity (Wildman–Crippen MR) is 89.2 cm³/mol. The zero-order chi connectivity index (χ0) is 15.6. The summed E-state index contributed by atoms with van der Waals surface area (Å²) < 4.78 is 12.4. The van der Waals surface area contributed by atoms with E-state index in [0.29, 0.717) is 22.4 Å². The maximum absolute atomic E-state index is 6.05. The minimum absolute atomic E-state index is 0.136. The molecule has 5 heteroatoms. The topological polar surface area (TPSA) is 18.5 Å². The van der Waals surface area contributed by atoms with Gasteiger partial charge in [0, 0.05) is 17.0 Å². The molecule has 1 rings (SSSR count). The van der Waals surface area contributed by atoms with Crippen molar-refractivity contribution in [3.05, 3.63) is 26.7 Å². The summed E-state index contributed by atoms with van der Waals surface area (Å²) in [5, 5.41) is 0.964. The summed E-state index contributed by atoms with van der Waals surface area (Å²) in [4.78, 5) is 0. The van der Waals surface area contributed by atoms with Crippen molar-refractivity contribution in [3.8, 4) is 5.75 Å². The molecule has 0 N–H and O–H groups in total. The molecule has 0 spiro atoms. The van der Waals surface area contributed by atoms with E-state index < -0.39 is 0 Å². The molecular formula is C15H21BrCl2O2. The van der Waals surface area contributed by atoms with E-state index in [9.17, 15) is 0 Å². The van der Waals surface area contributed by atoms with Crippen LogP contribution in [-0.2, 0) is 4.74 Å². The van der Waals surface area contributed by atoms with Crippen LogP contribution in [0.15, 0.2) is 16.6 Å². The SMILES string of the molecule is CC(C)(C)OCCC(C)(C)Oc1cc(Cl)c(Cl)c(Br)c1. The number of halogens is 3. The fourth-order valence-corrected chi connectivity index (χ4v) is 2.44. The van der Waals surface area contributed by atoms with Crippen molar-refractivity contribution in [2.45, 2.75) is 52.2 Å². The molecular weight excluding hydrogens is 363 g/mol. The van der Waals surface area contributed by atoms with Gasteiger partial charge in [-0.1, -0.05) is 23.2 Å². The average Bonchev–Trinajstić information content (AvgIpc) is 2.22. The number of ether oxygens (including phenoxy) is 2. The van der Waals surface area contributed by atoms with Crippen LogP contribution in [0.2, 0.25) is 10.0 Å². The predicted octanol–water partition coefficient (Wildman–Crippen LogP) is 6.12. The number of hydrogen-bond acceptors (Lipinski definition) is 2. The second-order valence-electron chi connectivity index (χ2n) is 6.27. The van der Waals surface area contributed by atoms with Gasteiger partial charge in [-0.05, 0) is 56.6 Å². The maximum atomic E-state index is 6.05. The van der Waals surface area contributed by atoms with Crippen LogP contribution in [-0.4, -0.2) is 17.8 Å². The Hall–Kier alpha value is 0.0400. The van der Waals surface area contributed by atoms with Gasteiger partial charge in [0.05, 0.1) is 22.3 Å². The van der Waals surface area contributed by atoms with Gasteiger partial charge in [0.1, 0.15) is 11.4 Å². The molecule has 0 aliphatic heterocycles. The van der Waals surface area contributed by atoms with Crippen LogP contribution in [0.25, 0.3) is 0 Å². The Morgan fingerprint density at radius 3 is 2.20 bits per heavy atom. The van der Waals surface area contributed by atoms with E-state index in [0.717, 1.165) is 10.9 Å². The molecule has 0 radical (unpaired) electrons. The Kier molecular flexibility index (Phi) is 6.21. The van der Waals surface area contributed by atoms with Crippen LogP contribution >= 0.6 is 39.1 Å². The van der Waals surface area contributed by atoms with E-state index in [4.69, 9.17) is 32.7 Å². The molecule has 0 atom stereocenters. The second kappa shape index (κ2) is 6.87. The molecule has 0 unspecified atom stereocenters. The molecule has 0 heterocycles. The van der Waals surface area contributed by atoms with Gasteiger partial charge < -0.3 is 9.47 Å². The van der Waals surface area contributed by atoms with E-state index in [1.807, 2.05) is 40.7 Å². The van der Waals surface area contributed by atoms with E-state index in [2.05, 4.69) is 15.9 Å². The minimum atomic E-state index is -0.345. The van der Waals surface area contributed by atoms with Crippen LogP contribution in [0.4, 0.5) is 0 Å². The molecule has 20 heavy (non-hydrogen) atoms. The normalized spacial score (nSPS) is 12.6. The molecule has 114 valence electrons. The van der Waals surface area contributed by atoms with Crippen molar-refractivity contribution < 1.29 is 9.47 Å². The standard InChI is InChI=1S/C15H21BrCl2O2/c1-14(2,3)19-7-6-15(4,5)20-10-8-11(16)13(18)12(17)9-10/h8-9H,6-7H2,1-5H3. The van der Waals surface area contributed by atoms with Gasteiger partial charge in [-0.3, -0.25) is 0 Å². The quantitative estimate of drug-likeness (QED) is 0.570. The maximum Gasteiger partial charge on any atom is 0.122 e. The molecule has 0 bridgehead atoms. The molecule has 0 fully saturated rings. The van der Waals surface area contributed by atoms with Crippen molar-refractivity contribution in [1.29, 1.82) is 0 Å². The largest absolute Gasteiger partial charge is 0.488 e. The number of hydrogen-bond donors (Lipinski definition) is 0. The van der Waals surface area contributed by atoms with Crippen LogP contribution in [0.5, 0.6) is 5.75 Å². The highest BCUT2D eigenvalue weighted by Gasteiger charge is 2.22. The Bertz CT molecular complexity index is 444. The molecule has 0 aromatic heterocycles. The van der Waals surface area contributed by atoms with Gasteiger partial charge in [-0.2, -0.15) is 0 Å². The lowest BCUT2D eigenvalue weighted by atomic mass is 10.1. The molecule has 0 saturated carbocycles. The van der Waals surface area contributed by atoms with Crippen LogP contribution in [0, 0.1) is 0 Å². The first-order chi connectivity index (χ1) is 9.00. The lowest BCUT2D eigenvalue weighted by Gasteiger charge is -2.29. The molecule has 0 aliphatic rings. The fourth-order valence-electron chi connectivity index (χ4n) is 1.56. The van der Waals surface area contributed by atoms with Crippen molar-refractivity contribution in [2.24, 2.45) is 0 Å². The van der Waals surface area contributed by atoms with E-state index in [1.165, 1.54) is 0 Å². The Morgan fingerprint density at radius 2 is 1.70 bits per heavy atom.